The van der Waals surface area contributed by atoms with Crippen LogP contribution in [0, 0.1) is 11.6 Å². The second kappa shape index (κ2) is 8.71. The van der Waals surface area contributed by atoms with Crippen LogP contribution < -0.4 is 9.62 Å². The number of rotatable bonds is 6. The molecule has 0 unspecified atom stereocenters. The fraction of sp³-hybridized carbons (Fsp3) is 0.409. The van der Waals surface area contributed by atoms with Gasteiger partial charge in [0.15, 0.2) is 11.6 Å². The lowest BCUT2D eigenvalue weighted by atomic mass is 9.89. The van der Waals surface area contributed by atoms with Gasteiger partial charge in [0.1, 0.15) is 6.04 Å². The normalized spacial score (nSPS) is 15.8. The molecule has 1 aliphatic carbocycles. The molecule has 2 aromatic rings. The van der Waals surface area contributed by atoms with E-state index in [0.29, 0.717) is 0 Å². The van der Waals surface area contributed by atoms with E-state index >= 15 is 0 Å². The number of carbonyl (C=O) groups excluding carboxylic acids is 1. The van der Waals surface area contributed by atoms with Crippen molar-refractivity contribution < 1.29 is 22.0 Å². The molecule has 0 spiro atoms. The molecule has 1 N–H and O–H groups in total. The predicted molar refractivity (Wildman–Crippen MR) is 113 cm³/mol. The van der Waals surface area contributed by atoms with Crippen LogP contribution in [0.2, 0.25) is 0 Å². The van der Waals surface area contributed by atoms with Gasteiger partial charge in [-0.3, -0.25) is 9.10 Å². The van der Waals surface area contributed by atoms with Crippen molar-refractivity contribution in [2.45, 2.75) is 51.6 Å². The van der Waals surface area contributed by atoms with Gasteiger partial charge in [0.2, 0.25) is 15.9 Å². The molecule has 162 valence electrons. The van der Waals surface area contributed by atoms with Gasteiger partial charge in [-0.05, 0) is 68.4 Å². The van der Waals surface area contributed by atoms with Gasteiger partial charge < -0.3 is 5.32 Å². The Morgan fingerprint density at radius 1 is 1.00 bits per heavy atom. The SMILES string of the molecule is C[C@@H](NC(=O)[C@H](C)N(c1ccc(F)c(F)c1)S(C)(=O)=O)c1ccc2c(c1)CCCC2. The second-order valence-electron chi connectivity index (χ2n) is 7.80. The monoisotopic (exact) mass is 436 g/mol. The minimum absolute atomic E-state index is 0.111. The van der Waals surface area contributed by atoms with Crippen molar-refractivity contribution in [1.29, 1.82) is 0 Å². The number of anilines is 1. The van der Waals surface area contributed by atoms with Crippen LogP contribution in [-0.2, 0) is 27.7 Å². The third-order valence-electron chi connectivity index (χ3n) is 5.48. The van der Waals surface area contributed by atoms with Gasteiger partial charge in [-0.2, -0.15) is 0 Å². The Morgan fingerprint density at radius 3 is 2.30 bits per heavy atom. The van der Waals surface area contributed by atoms with E-state index in [2.05, 4.69) is 17.4 Å². The van der Waals surface area contributed by atoms with Crippen molar-refractivity contribution in [3.05, 3.63) is 64.7 Å². The molecule has 5 nitrogen and oxygen atoms in total. The lowest BCUT2D eigenvalue weighted by Crippen LogP contribution is -2.48. The highest BCUT2D eigenvalue weighted by molar-refractivity contribution is 7.92. The lowest BCUT2D eigenvalue weighted by Gasteiger charge is -2.29. The van der Waals surface area contributed by atoms with Crippen molar-refractivity contribution in [3.8, 4) is 0 Å². The number of hydrogen-bond donors (Lipinski definition) is 1. The van der Waals surface area contributed by atoms with Crippen molar-refractivity contribution >= 4 is 21.6 Å². The fourth-order valence-corrected chi connectivity index (χ4v) is 5.04. The fourth-order valence-electron chi connectivity index (χ4n) is 3.87. The Bertz CT molecular complexity index is 1060. The molecule has 2 atom stereocenters. The van der Waals surface area contributed by atoms with E-state index in [-0.39, 0.29) is 11.7 Å². The Labute approximate surface area is 176 Å². The average molecular weight is 437 g/mol. The van der Waals surface area contributed by atoms with E-state index in [1.165, 1.54) is 24.5 Å². The first-order chi connectivity index (χ1) is 14.1. The predicted octanol–water partition coefficient (Wildman–Crippen LogP) is 3.88. The highest BCUT2D eigenvalue weighted by atomic mass is 32.2. The van der Waals surface area contributed by atoms with Crippen LogP contribution in [0.1, 0.15) is 49.4 Å². The molecule has 2 aromatic carbocycles. The summed E-state index contributed by atoms with van der Waals surface area (Å²) in [6.07, 6.45) is 5.32. The number of nitrogens with one attached hydrogen (secondary N) is 1. The summed E-state index contributed by atoms with van der Waals surface area (Å²) >= 11 is 0. The van der Waals surface area contributed by atoms with Gasteiger partial charge >= 0.3 is 0 Å². The average Bonchev–Trinajstić information content (AvgIpc) is 2.69. The van der Waals surface area contributed by atoms with E-state index in [9.17, 15) is 22.0 Å². The van der Waals surface area contributed by atoms with E-state index in [1.54, 1.807) is 0 Å². The quantitative estimate of drug-likeness (QED) is 0.748. The molecule has 0 fully saturated rings. The zero-order chi connectivity index (χ0) is 22.1. The topological polar surface area (TPSA) is 66.5 Å². The molecule has 0 aliphatic heterocycles. The third-order valence-corrected chi connectivity index (χ3v) is 6.72. The third kappa shape index (κ3) is 4.80. The number of carbonyl (C=O) groups is 1. The molecule has 0 saturated heterocycles. The molecule has 1 aliphatic rings. The molecule has 3 rings (SSSR count). The summed E-state index contributed by atoms with van der Waals surface area (Å²) in [6, 6.07) is 7.41. The van der Waals surface area contributed by atoms with Crippen LogP contribution >= 0.6 is 0 Å². The zero-order valence-electron chi connectivity index (χ0n) is 17.3. The molecule has 0 aromatic heterocycles. The first-order valence-electron chi connectivity index (χ1n) is 9.94. The molecular formula is C22H26F2N2O3S. The number of halogens is 2. The largest absolute Gasteiger partial charge is 0.348 e. The van der Waals surface area contributed by atoms with Crippen LogP contribution in [0.25, 0.3) is 0 Å². The van der Waals surface area contributed by atoms with E-state index in [1.807, 2.05) is 13.0 Å². The smallest absolute Gasteiger partial charge is 0.244 e. The van der Waals surface area contributed by atoms with E-state index < -0.39 is 33.6 Å². The molecular weight excluding hydrogens is 410 g/mol. The molecule has 0 heterocycles. The molecule has 0 radical (unpaired) electrons. The van der Waals surface area contributed by atoms with Crippen LogP contribution in [0.3, 0.4) is 0 Å². The Hall–Kier alpha value is -2.48. The summed E-state index contributed by atoms with van der Waals surface area (Å²) in [6.45, 7) is 3.24. The summed E-state index contributed by atoms with van der Waals surface area (Å²) in [5.74, 6) is -2.81. The van der Waals surface area contributed by atoms with Gasteiger partial charge in [-0.15, -0.1) is 0 Å². The summed E-state index contributed by atoms with van der Waals surface area (Å²) in [5, 5.41) is 2.84. The van der Waals surface area contributed by atoms with E-state index in [4.69, 9.17) is 0 Å². The van der Waals surface area contributed by atoms with Gasteiger partial charge in [0, 0.05) is 6.07 Å². The number of sulfonamides is 1. The van der Waals surface area contributed by atoms with Crippen molar-refractivity contribution in [2.75, 3.05) is 10.6 Å². The molecule has 30 heavy (non-hydrogen) atoms. The van der Waals surface area contributed by atoms with Gasteiger partial charge in [0.25, 0.3) is 0 Å². The van der Waals surface area contributed by atoms with Crippen molar-refractivity contribution in [3.63, 3.8) is 0 Å². The Kier molecular flexibility index (Phi) is 6.45. The van der Waals surface area contributed by atoms with Crippen LogP contribution in [-0.4, -0.2) is 26.6 Å². The number of amides is 1. The number of benzene rings is 2. The minimum Gasteiger partial charge on any atom is -0.348 e. The molecule has 0 saturated carbocycles. The first-order valence-corrected chi connectivity index (χ1v) is 11.8. The second-order valence-corrected chi connectivity index (χ2v) is 9.66. The first kappa shape index (κ1) is 22.2. The number of aryl methyl sites for hydroxylation is 2. The minimum atomic E-state index is -3.92. The maximum atomic E-state index is 13.7. The summed E-state index contributed by atoms with van der Waals surface area (Å²) < 4.78 is 52.4. The summed E-state index contributed by atoms with van der Waals surface area (Å²) in [7, 11) is -3.92. The summed E-state index contributed by atoms with van der Waals surface area (Å²) in [4.78, 5) is 12.8. The molecule has 0 bridgehead atoms. The van der Waals surface area contributed by atoms with Crippen LogP contribution in [0.4, 0.5) is 14.5 Å². The van der Waals surface area contributed by atoms with Crippen molar-refractivity contribution in [2.24, 2.45) is 0 Å². The highest BCUT2D eigenvalue weighted by Gasteiger charge is 2.30. The van der Waals surface area contributed by atoms with Gasteiger partial charge in [-0.25, -0.2) is 17.2 Å². The number of hydrogen-bond acceptors (Lipinski definition) is 3. The number of fused-ring (bicyclic) bond motifs is 1. The zero-order valence-corrected chi connectivity index (χ0v) is 18.1. The molecule has 8 heteroatoms. The highest BCUT2D eigenvalue weighted by Crippen LogP contribution is 2.26. The lowest BCUT2D eigenvalue weighted by molar-refractivity contribution is -0.122. The van der Waals surface area contributed by atoms with Crippen LogP contribution in [0.15, 0.2) is 36.4 Å². The maximum Gasteiger partial charge on any atom is 0.244 e. The van der Waals surface area contributed by atoms with E-state index in [0.717, 1.165) is 53.6 Å². The van der Waals surface area contributed by atoms with Crippen LogP contribution in [0.5, 0.6) is 0 Å². The molecule has 1 amide bonds. The van der Waals surface area contributed by atoms with Crippen molar-refractivity contribution in [1.82, 2.24) is 5.32 Å². The maximum absolute atomic E-state index is 13.7. The Morgan fingerprint density at radius 2 is 1.67 bits per heavy atom. The van der Waals surface area contributed by atoms with Gasteiger partial charge in [0.05, 0.1) is 18.0 Å². The number of nitrogens with zero attached hydrogens (tertiary/aromatic N) is 1. The summed E-state index contributed by atoms with van der Waals surface area (Å²) in [5.41, 5.74) is 3.45. The standard InChI is InChI=1S/C22H26F2N2O3S/c1-14(17-9-8-16-6-4-5-7-18(16)12-17)25-22(27)15(2)26(30(3,28)29)19-10-11-20(23)21(24)13-19/h8-15H,4-7H2,1-3H3,(H,25,27)/t14-,15+/m1/s1. The van der Waals surface area contributed by atoms with Gasteiger partial charge in [-0.1, -0.05) is 18.2 Å². The Balaban J connectivity index is 1.80.